The van der Waals surface area contributed by atoms with Crippen LogP contribution in [0.2, 0.25) is 0 Å². The molecule has 70 valence electrons. The zero-order chi connectivity index (χ0) is 9.97. The molecule has 0 heterocycles. The van der Waals surface area contributed by atoms with Crippen LogP contribution in [-0.2, 0) is 5.33 Å². The molecule has 2 rings (SSSR count). The second kappa shape index (κ2) is 3.93. The molecule has 0 amide bonds. The summed E-state index contributed by atoms with van der Waals surface area (Å²) in [5, 5.41) is 3.14. The fraction of sp³-hybridized carbons (Fsp3) is 0.0833. The summed E-state index contributed by atoms with van der Waals surface area (Å²) in [5.41, 5.74) is 1.97. The number of rotatable bonds is 2. The van der Waals surface area contributed by atoms with E-state index >= 15 is 0 Å². The first-order chi connectivity index (χ1) is 6.83. The molecule has 0 bridgehead atoms. The molecule has 0 aliphatic heterocycles. The highest BCUT2D eigenvalue weighted by Crippen LogP contribution is 2.18. The van der Waals surface area contributed by atoms with Crippen LogP contribution in [0.1, 0.15) is 15.9 Å². The van der Waals surface area contributed by atoms with Crippen molar-refractivity contribution in [2.24, 2.45) is 0 Å². The van der Waals surface area contributed by atoms with Crippen LogP contribution in [0.4, 0.5) is 0 Å². The van der Waals surface area contributed by atoms with Crippen LogP contribution in [0, 0.1) is 0 Å². The van der Waals surface area contributed by atoms with Crippen LogP contribution < -0.4 is 0 Å². The topological polar surface area (TPSA) is 17.1 Å². The Balaban J connectivity index is 2.63. The third-order valence-corrected chi connectivity index (χ3v) is 2.87. The quantitative estimate of drug-likeness (QED) is 0.587. The van der Waals surface area contributed by atoms with E-state index < -0.39 is 0 Å². The van der Waals surface area contributed by atoms with Crippen molar-refractivity contribution in [1.82, 2.24) is 0 Å². The molecular weight excluding hydrogens is 240 g/mol. The van der Waals surface area contributed by atoms with Crippen molar-refractivity contribution in [1.29, 1.82) is 0 Å². The monoisotopic (exact) mass is 248 g/mol. The number of hydrogen-bond acceptors (Lipinski definition) is 1. The van der Waals surface area contributed by atoms with E-state index in [4.69, 9.17) is 0 Å². The first-order valence-corrected chi connectivity index (χ1v) is 5.49. The van der Waals surface area contributed by atoms with Gasteiger partial charge < -0.3 is 0 Å². The number of fused-ring (bicyclic) bond motifs is 1. The van der Waals surface area contributed by atoms with E-state index in [2.05, 4.69) is 28.1 Å². The molecule has 0 unspecified atom stereocenters. The van der Waals surface area contributed by atoms with E-state index in [-0.39, 0.29) is 0 Å². The van der Waals surface area contributed by atoms with Crippen LogP contribution in [0.25, 0.3) is 10.8 Å². The predicted molar refractivity (Wildman–Crippen MR) is 62.0 cm³/mol. The van der Waals surface area contributed by atoms with Gasteiger partial charge in [-0.3, -0.25) is 4.79 Å². The molecule has 0 fully saturated rings. The van der Waals surface area contributed by atoms with Gasteiger partial charge >= 0.3 is 0 Å². The highest BCUT2D eigenvalue weighted by Gasteiger charge is 1.96. The SMILES string of the molecule is O=Cc1ccc2cc(CBr)ccc2c1. The summed E-state index contributed by atoms with van der Waals surface area (Å²) < 4.78 is 0. The highest BCUT2D eigenvalue weighted by atomic mass is 79.9. The van der Waals surface area contributed by atoms with Crippen molar-refractivity contribution in [3.63, 3.8) is 0 Å². The van der Waals surface area contributed by atoms with E-state index in [1.807, 2.05) is 24.3 Å². The van der Waals surface area contributed by atoms with Gasteiger partial charge in [-0.25, -0.2) is 0 Å². The lowest BCUT2D eigenvalue weighted by atomic mass is 10.1. The van der Waals surface area contributed by atoms with Gasteiger partial charge in [0.05, 0.1) is 0 Å². The predicted octanol–water partition coefficient (Wildman–Crippen LogP) is 3.55. The van der Waals surface area contributed by atoms with Crippen LogP contribution in [0.15, 0.2) is 36.4 Å². The molecule has 0 spiro atoms. The Kier molecular flexibility index (Phi) is 2.64. The van der Waals surface area contributed by atoms with Crippen LogP contribution >= 0.6 is 15.9 Å². The normalized spacial score (nSPS) is 10.4. The average molecular weight is 249 g/mol. The van der Waals surface area contributed by atoms with Gasteiger partial charge in [0.15, 0.2) is 0 Å². The summed E-state index contributed by atoms with van der Waals surface area (Å²) in [6.45, 7) is 0. The maximum Gasteiger partial charge on any atom is 0.150 e. The number of alkyl halides is 1. The maximum absolute atomic E-state index is 10.6. The van der Waals surface area contributed by atoms with E-state index in [0.29, 0.717) is 0 Å². The molecule has 0 N–H and O–H groups in total. The van der Waals surface area contributed by atoms with Crippen molar-refractivity contribution in [3.05, 3.63) is 47.5 Å². The van der Waals surface area contributed by atoms with E-state index in [1.165, 1.54) is 10.9 Å². The van der Waals surface area contributed by atoms with Crippen molar-refractivity contribution in [2.45, 2.75) is 5.33 Å². The molecule has 0 saturated heterocycles. The van der Waals surface area contributed by atoms with Crippen LogP contribution in [-0.4, -0.2) is 6.29 Å². The Labute approximate surface area is 90.9 Å². The molecule has 0 aliphatic carbocycles. The molecule has 0 saturated carbocycles. The molecule has 2 aromatic rings. The summed E-state index contributed by atoms with van der Waals surface area (Å²) in [6, 6.07) is 11.9. The fourth-order valence-corrected chi connectivity index (χ4v) is 1.82. The molecule has 2 aromatic carbocycles. The Morgan fingerprint density at radius 3 is 2.50 bits per heavy atom. The molecular formula is C12H9BrO. The van der Waals surface area contributed by atoms with Gasteiger partial charge in [0, 0.05) is 10.9 Å². The molecule has 2 heteroatoms. The van der Waals surface area contributed by atoms with Crippen molar-refractivity contribution >= 4 is 33.0 Å². The van der Waals surface area contributed by atoms with Gasteiger partial charge in [-0.1, -0.05) is 46.3 Å². The number of hydrogen-bond donors (Lipinski definition) is 0. The summed E-state index contributed by atoms with van der Waals surface area (Å²) >= 11 is 3.42. The molecule has 0 aromatic heterocycles. The van der Waals surface area contributed by atoms with E-state index in [1.54, 1.807) is 0 Å². The third kappa shape index (κ3) is 1.70. The number of carbonyl (C=O) groups excluding carboxylic acids is 1. The number of carbonyl (C=O) groups is 1. The smallest absolute Gasteiger partial charge is 0.150 e. The zero-order valence-electron chi connectivity index (χ0n) is 7.53. The molecule has 0 atom stereocenters. The number of benzene rings is 2. The van der Waals surface area contributed by atoms with Gasteiger partial charge in [0.2, 0.25) is 0 Å². The Bertz CT molecular complexity index is 477. The largest absolute Gasteiger partial charge is 0.298 e. The molecule has 14 heavy (non-hydrogen) atoms. The highest BCUT2D eigenvalue weighted by molar-refractivity contribution is 9.08. The van der Waals surface area contributed by atoms with Crippen LogP contribution in [0.3, 0.4) is 0 Å². The lowest BCUT2D eigenvalue weighted by molar-refractivity contribution is 0.112. The maximum atomic E-state index is 10.6. The summed E-state index contributed by atoms with van der Waals surface area (Å²) in [5.74, 6) is 0. The summed E-state index contributed by atoms with van der Waals surface area (Å²) in [7, 11) is 0. The van der Waals surface area contributed by atoms with Crippen molar-refractivity contribution in [2.75, 3.05) is 0 Å². The fourth-order valence-electron chi connectivity index (χ4n) is 1.47. The second-order valence-corrected chi connectivity index (χ2v) is 3.75. The summed E-state index contributed by atoms with van der Waals surface area (Å²) in [4.78, 5) is 10.6. The first-order valence-electron chi connectivity index (χ1n) is 4.37. The average Bonchev–Trinajstić information content (AvgIpc) is 2.27. The minimum Gasteiger partial charge on any atom is -0.298 e. The lowest BCUT2D eigenvalue weighted by Crippen LogP contribution is -1.82. The minimum absolute atomic E-state index is 0.726. The van der Waals surface area contributed by atoms with Crippen LogP contribution in [0.5, 0.6) is 0 Å². The lowest BCUT2D eigenvalue weighted by Gasteiger charge is -2.01. The number of aldehydes is 1. The van der Waals surface area contributed by atoms with Gasteiger partial charge in [0.1, 0.15) is 6.29 Å². The van der Waals surface area contributed by atoms with Gasteiger partial charge in [-0.15, -0.1) is 0 Å². The van der Waals surface area contributed by atoms with Crippen molar-refractivity contribution in [3.8, 4) is 0 Å². The Morgan fingerprint density at radius 1 is 1.07 bits per heavy atom. The Morgan fingerprint density at radius 2 is 1.79 bits per heavy atom. The minimum atomic E-state index is 0.726. The van der Waals surface area contributed by atoms with E-state index in [9.17, 15) is 4.79 Å². The standard InChI is InChI=1S/C12H9BrO/c13-7-9-1-3-12-6-10(8-14)2-4-11(12)5-9/h1-6,8H,7H2. The van der Waals surface area contributed by atoms with Gasteiger partial charge in [-0.2, -0.15) is 0 Å². The van der Waals surface area contributed by atoms with Gasteiger partial charge in [0.25, 0.3) is 0 Å². The number of halogens is 1. The van der Waals surface area contributed by atoms with Crippen molar-refractivity contribution < 1.29 is 4.79 Å². The van der Waals surface area contributed by atoms with Gasteiger partial charge in [-0.05, 0) is 22.4 Å². The second-order valence-electron chi connectivity index (χ2n) is 3.19. The molecule has 0 aliphatic rings. The summed E-state index contributed by atoms with van der Waals surface area (Å²) in [6.07, 6.45) is 0.873. The Hall–Kier alpha value is -1.15. The molecule has 0 radical (unpaired) electrons. The third-order valence-electron chi connectivity index (χ3n) is 2.22. The molecule has 1 nitrogen and oxygen atoms in total. The first kappa shape index (κ1) is 9.41. The van der Waals surface area contributed by atoms with E-state index in [0.717, 1.165) is 22.6 Å². The zero-order valence-corrected chi connectivity index (χ0v) is 9.12.